The van der Waals surface area contributed by atoms with Gasteiger partial charge in [-0.15, -0.1) is 0 Å². The number of carboxylic acids is 6. The van der Waals surface area contributed by atoms with Crippen molar-refractivity contribution in [2.24, 2.45) is 5.73 Å². The lowest BCUT2D eigenvalue weighted by molar-refractivity contribution is -0.148. The summed E-state index contributed by atoms with van der Waals surface area (Å²) in [6, 6.07) is -9.42. The van der Waals surface area contributed by atoms with Gasteiger partial charge in [0, 0.05) is 68.0 Å². The Balaban J connectivity index is 0.000000404. The van der Waals surface area contributed by atoms with Crippen molar-refractivity contribution in [1.29, 1.82) is 0 Å². The number of rotatable bonds is 45. The standard InChI is InChI=1S/C32H45N8O13P3S2.C30H43N8O12P3S2/c1-16(41)37-18(30(48)38-19(10-25(44)45)31(49)39-20(32(50)51)11-26(46)47)5-3-8-57-58-9-6-23(43)34-7-2-4-17-13-40(29-27(17)28(33)35-15-36-29)24-12-21(42)22(53-24)14-52-56(54)55;31-16(28(45)36-17(9-23(41)42)29(46)37-18(30(47)48)10-24(43)44)4-2-7-54-55-8-5-21(40)33-6-1-3-15-12-38(27-25(15)26(32)34-14-35-27)22-11-19(39)20(50-22)13-49-53(51)52/h13,15,18-22,24,42H,3,5-12,14,54-55H2,1H3,(H,34,43)(H,37,41)(H,38,48)(H,39,49)(H,44,45)(H,46,47)(H,50,51)(H2,33,35,36);12,14,16-20,22,39H,2,4-11,13,31,51-52H2,(H,33,40)(H,36,45)(H,37,46)(H,41,42)(H,43,44)(H,47,48)(H2,32,34,35). The average Bonchev–Trinajstić information content (AvgIpc) is 1.62. The van der Waals surface area contributed by atoms with E-state index in [1.807, 2.05) is 10.6 Å². The molecule has 0 aromatic carbocycles. The van der Waals surface area contributed by atoms with E-state index in [-0.39, 0.29) is 75.4 Å². The molecular weight excluding hydrogens is 1680 g/mol. The summed E-state index contributed by atoms with van der Waals surface area (Å²) in [5.41, 5.74) is 20.3. The van der Waals surface area contributed by atoms with E-state index < -0.39 is 179 Å². The van der Waals surface area contributed by atoms with Gasteiger partial charge in [0.15, 0.2) is 0 Å². The van der Waals surface area contributed by atoms with Crippen LogP contribution >= 0.6 is 93.9 Å². The monoisotopic (exact) mass is 1770 g/mol. The summed E-state index contributed by atoms with van der Waals surface area (Å²) in [4.78, 5) is 171. The highest BCUT2D eigenvalue weighted by molar-refractivity contribution is 8.77. The number of aromatic nitrogens is 6. The highest BCUT2D eigenvalue weighted by Crippen LogP contribution is 2.55. The number of aliphatic hydroxyl groups is 2. The number of carbonyl (C=O) groups excluding carboxylic acids is 7. The van der Waals surface area contributed by atoms with Crippen molar-refractivity contribution in [3.63, 3.8) is 0 Å². The van der Waals surface area contributed by atoms with Crippen LogP contribution in [0, 0.1) is 23.7 Å². The smallest absolute Gasteiger partial charge is 0.326 e. The first kappa shape index (κ1) is 96.4. The molecule has 0 radical (unpaired) electrons. The molecule has 0 aliphatic carbocycles. The van der Waals surface area contributed by atoms with Gasteiger partial charge in [-0.05, 0) is 25.7 Å². The number of nitrogen functional groups attached to an aromatic ring is 2. The fraction of sp³-hybridized carbons (Fsp3) is 0.532. The Morgan fingerprint density at radius 3 is 1.28 bits per heavy atom. The summed E-state index contributed by atoms with van der Waals surface area (Å²) in [5, 5.41) is 92.7. The Hall–Kier alpha value is -7.23. The van der Waals surface area contributed by atoms with Crippen LogP contribution in [0.1, 0.15) is 108 Å². The molecule has 4 aromatic heterocycles. The zero-order valence-electron chi connectivity index (χ0n) is 60.1. The number of carbonyl (C=O) groups is 13. The lowest BCUT2D eigenvalue weighted by atomic mass is 10.1. The second kappa shape index (κ2) is 49.6. The van der Waals surface area contributed by atoms with Gasteiger partial charge in [-0.25, -0.2) is 29.5 Å². The van der Waals surface area contributed by atoms with Gasteiger partial charge in [-0.2, -0.15) is 0 Å². The van der Waals surface area contributed by atoms with Gasteiger partial charge in [-0.3, -0.25) is 52.7 Å². The van der Waals surface area contributed by atoms with Crippen LogP contribution < -0.4 is 54.4 Å². The number of amides is 7. The molecule has 6 rings (SSSR count). The van der Waals surface area contributed by atoms with Crippen LogP contribution in [0.15, 0.2) is 25.0 Å². The third-order valence-corrected chi connectivity index (χ3v) is 23.4. The minimum Gasteiger partial charge on any atom is -0.481 e. The number of anilines is 2. The van der Waals surface area contributed by atoms with E-state index in [0.29, 0.717) is 81.9 Å². The number of ether oxygens (including phenoxy) is 2. The van der Waals surface area contributed by atoms with Crippen molar-refractivity contribution in [1.82, 2.24) is 66.3 Å². The number of nitrogens with one attached hydrogen (secondary N) is 7. The summed E-state index contributed by atoms with van der Waals surface area (Å²) >= 11 is 0. The molecule has 113 heavy (non-hydrogen) atoms. The number of aliphatic carboxylic acids is 6. The van der Waals surface area contributed by atoms with Crippen LogP contribution in [0.25, 0.3) is 22.1 Å². The molecule has 0 spiro atoms. The fourth-order valence-corrected chi connectivity index (χ4v) is 16.3. The fourth-order valence-electron chi connectivity index (χ4n) is 10.4. The molecule has 41 nitrogen and oxygen atoms in total. The highest BCUT2D eigenvalue weighted by atomic mass is 33.1. The van der Waals surface area contributed by atoms with Crippen molar-refractivity contribution in [2.45, 2.75) is 157 Å². The van der Waals surface area contributed by atoms with E-state index in [9.17, 15) is 82.8 Å². The van der Waals surface area contributed by atoms with Crippen molar-refractivity contribution in [2.75, 3.05) is 60.8 Å². The second-order valence-corrected chi connectivity index (χ2v) is 41.4. The van der Waals surface area contributed by atoms with Gasteiger partial charge in [0.25, 0.3) is 0 Å². The van der Waals surface area contributed by atoms with Gasteiger partial charge < -0.3 is 123 Å². The minimum absolute atomic E-state index is 0.0477. The van der Waals surface area contributed by atoms with E-state index in [0.717, 1.165) is 6.92 Å². The Labute approximate surface area is 672 Å². The lowest BCUT2D eigenvalue weighted by Gasteiger charge is -2.23. The quantitative estimate of drug-likeness (QED) is 0.0122. The number of nitrogens with zero attached hydrogens (tertiary/aromatic N) is 6. The average molecular weight is 1770 g/mol. The predicted octanol–water partition coefficient (Wildman–Crippen LogP) is 0.189. The predicted molar refractivity (Wildman–Crippen MR) is 432 cm³/mol. The molecule has 16 unspecified atom stereocenters. The summed E-state index contributed by atoms with van der Waals surface area (Å²) in [6.45, 7) is 1.73. The van der Waals surface area contributed by atoms with Crippen LogP contribution in [0.4, 0.5) is 11.6 Å². The summed E-state index contributed by atoms with van der Waals surface area (Å²) in [6.07, 6.45) is 0.901. The second-order valence-electron chi connectivity index (χ2n) is 24.4. The van der Waals surface area contributed by atoms with Crippen LogP contribution in [0.2, 0.25) is 0 Å². The Morgan fingerprint density at radius 1 is 0.540 bits per heavy atom. The molecule has 0 saturated carbocycles. The third-order valence-electron chi connectivity index (χ3n) is 15.8. The van der Waals surface area contributed by atoms with Crippen molar-refractivity contribution < 1.29 is 122 Å². The SMILES string of the molecule is CC(=O)NC(CCCSSCCC(=O)NCC#Cc1cn(C2CC(O)C(COP(P)P)O2)c2ncnc(N)c12)C(=O)NC(CC(=O)O)C(=O)NC(CC(=O)O)C(=O)O.Nc1ncnc2c1c(C#CCNC(=O)CCSSCCCC(N)C(=O)NC(CC(=O)O)C(=O)NC(CC(=O)O)C(=O)O)cn2C1CC(O)C(COP(P)P)O1. The molecule has 4 aromatic rings. The maximum Gasteiger partial charge on any atom is 0.326 e. The molecule has 2 fully saturated rings. The number of hydrogen-bond acceptors (Lipinski definition) is 30. The van der Waals surface area contributed by atoms with Crippen LogP contribution in [-0.4, -0.2) is 257 Å². The van der Waals surface area contributed by atoms with Gasteiger partial charge in [-0.1, -0.05) is 103 Å². The van der Waals surface area contributed by atoms with Crippen LogP contribution in [0.5, 0.6) is 0 Å². The van der Waals surface area contributed by atoms with E-state index in [4.69, 9.17) is 56.1 Å². The van der Waals surface area contributed by atoms with Gasteiger partial charge in [0.1, 0.15) is 90.5 Å². The highest BCUT2D eigenvalue weighted by Gasteiger charge is 2.39. The zero-order chi connectivity index (χ0) is 83.6. The number of aliphatic hydroxyl groups excluding tert-OH is 2. The number of hydrogen-bond donors (Lipinski definition) is 18. The number of nitrogens with two attached hydrogens (primary N) is 3. The Morgan fingerprint density at radius 2 is 0.903 bits per heavy atom. The van der Waals surface area contributed by atoms with Gasteiger partial charge in [0.2, 0.25) is 41.4 Å². The summed E-state index contributed by atoms with van der Waals surface area (Å²) in [5.74, 6) is -0.214. The van der Waals surface area contributed by atoms with E-state index in [1.165, 1.54) is 55.8 Å². The van der Waals surface area contributed by atoms with Gasteiger partial charge in [0.05, 0.1) is 107 Å². The Kier molecular flexibility index (Phi) is 42.3. The minimum atomic E-state index is -1.88. The molecule has 2 saturated heterocycles. The largest absolute Gasteiger partial charge is 0.481 e. The van der Waals surface area contributed by atoms with Crippen molar-refractivity contribution >= 4 is 205 Å². The van der Waals surface area contributed by atoms with E-state index in [2.05, 4.69) is 106 Å². The molecule has 6 heterocycles. The molecular formula is C62H88N16O25P6S4. The van der Waals surface area contributed by atoms with Crippen molar-refractivity contribution in [3.8, 4) is 23.7 Å². The van der Waals surface area contributed by atoms with Crippen LogP contribution in [-0.2, 0) is 80.9 Å². The summed E-state index contributed by atoms with van der Waals surface area (Å²) in [7, 11) is 14.3. The maximum atomic E-state index is 13.0. The first-order valence-corrected chi connectivity index (χ1v) is 47.8. The molecule has 51 heteroatoms. The molecule has 620 valence electrons. The van der Waals surface area contributed by atoms with Crippen LogP contribution in [0.3, 0.4) is 0 Å². The first-order chi connectivity index (χ1) is 53.5. The van der Waals surface area contributed by atoms with E-state index >= 15 is 0 Å². The lowest BCUT2D eigenvalue weighted by Crippen LogP contribution is -2.56. The molecule has 21 N–H and O–H groups in total. The molecule has 2 aliphatic heterocycles. The van der Waals surface area contributed by atoms with Gasteiger partial charge >= 0.3 is 35.8 Å². The molecule has 2 aliphatic rings. The number of carboxylic acid groups (broad SMARTS) is 6. The first-order valence-electron chi connectivity index (χ1n) is 33.8. The zero-order valence-corrected chi connectivity index (χ0v) is 69.8. The normalized spacial score (nSPS) is 17.9. The number of fused-ring (bicyclic) bond motifs is 2. The van der Waals surface area contributed by atoms with E-state index in [1.54, 1.807) is 21.5 Å². The Bertz CT molecular complexity index is 4160. The molecule has 16 atom stereocenters. The molecule has 7 amide bonds. The topological polar surface area (TPSA) is 644 Å². The maximum absolute atomic E-state index is 13.0. The molecule has 0 bridgehead atoms. The third kappa shape index (κ3) is 33.9. The van der Waals surface area contributed by atoms with Crippen molar-refractivity contribution in [3.05, 3.63) is 36.2 Å². The summed E-state index contributed by atoms with van der Waals surface area (Å²) < 4.78 is 26.9.